The van der Waals surface area contributed by atoms with Gasteiger partial charge in [0.15, 0.2) is 6.29 Å². The van der Waals surface area contributed by atoms with Crippen LogP contribution in [0.2, 0.25) is 0 Å². The van der Waals surface area contributed by atoms with Crippen molar-refractivity contribution in [2.45, 2.75) is 26.4 Å². The van der Waals surface area contributed by atoms with Gasteiger partial charge in [0.1, 0.15) is 0 Å². The van der Waals surface area contributed by atoms with Crippen molar-refractivity contribution >= 4 is 17.1 Å². The Morgan fingerprint density at radius 2 is 1.85 bits per heavy atom. The van der Waals surface area contributed by atoms with E-state index in [2.05, 4.69) is 15.5 Å². The van der Waals surface area contributed by atoms with Crippen molar-refractivity contribution in [3.8, 4) is 0 Å². The zero-order chi connectivity index (χ0) is 9.56. The fourth-order valence-electron chi connectivity index (χ4n) is 0.463. The molecule has 0 aromatic rings. The number of carbonyl (C=O) groups is 1. The monoisotopic (exact) mass is 211 g/mol. The standard InChI is InChI=1S/C6H13NO5.H4Si/c1-4(9-3)10-5(2)11-12-6(7)8;/h4-5H,1-3H3,(H2,7,8);1H4. The smallest absolute Gasteiger partial charge is 0.356 e. The lowest BCUT2D eigenvalue weighted by atomic mass is 10.7. The number of carbonyl (C=O) groups excluding carboxylic acids is 1. The molecule has 7 heteroatoms. The molecule has 0 aromatic carbocycles. The zero-order valence-electron chi connectivity index (χ0n) is 7.27. The fourth-order valence-corrected chi connectivity index (χ4v) is 0.463. The van der Waals surface area contributed by atoms with Gasteiger partial charge in [-0.05, 0) is 24.8 Å². The SMILES string of the molecule is COC(C)OC(C)OOC(N)=O.[SiH4]. The maximum atomic E-state index is 10.0. The van der Waals surface area contributed by atoms with Crippen LogP contribution in [0, 0.1) is 0 Å². The number of methoxy groups -OCH3 is 1. The first kappa shape index (κ1) is 14.9. The van der Waals surface area contributed by atoms with Crippen LogP contribution in [-0.2, 0) is 19.2 Å². The summed E-state index contributed by atoms with van der Waals surface area (Å²) in [5, 5.41) is 0. The highest BCUT2D eigenvalue weighted by Gasteiger charge is 2.09. The summed E-state index contributed by atoms with van der Waals surface area (Å²) in [6, 6.07) is 0. The molecule has 0 aliphatic rings. The fraction of sp³-hybridized carbons (Fsp3) is 0.833. The largest absolute Gasteiger partial charge is 0.436 e. The Labute approximate surface area is 81.2 Å². The molecule has 2 unspecified atom stereocenters. The van der Waals surface area contributed by atoms with E-state index >= 15 is 0 Å². The van der Waals surface area contributed by atoms with Gasteiger partial charge in [-0.3, -0.25) is 4.89 Å². The summed E-state index contributed by atoms with van der Waals surface area (Å²) >= 11 is 0. The maximum Gasteiger partial charge on any atom is 0.436 e. The van der Waals surface area contributed by atoms with Crippen LogP contribution in [-0.4, -0.2) is 36.7 Å². The number of amides is 1. The first-order chi connectivity index (χ1) is 5.56. The Morgan fingerprint density at radius 3 is 2.23 bits per heavy atom. The summed E-state index contributed by atoms with van der Waals surface area (Å²) in [6.07, 6.45) is -2.17. The molecule has 0 saturated carbocycles. The summed E-state index contributed by atoms with van der Waals surface area (Å²) in [5.74, 6) is 0. The number of hydrogen-bond acceptors (Lipinski definition) is 5. The van der Waals surface area contributed by atoms with Gasteiger partial charge in [-0.2, -0.15) is 4.89 Å². The molecular formula is C6H17NO5Si. The van der Waals surface area contributed by atoms with E-state index in [1.807, 2.05) is 0 Å². The molecule has 0 heterocycles. The van der Waals surface area contributed by atoms with Crippen LogP contribution in [0.4, 0.5) is 4.79 Å². The van der Waals surface area contributed by atoms with E-state index in [-0.39, 0.29) is 11.0 Å². The van der Waals surface area contributed by atoms with Crippen LogP contribution < -0.4 is 5.73 Å². The molecule has 1 amide bonds. The van der Waals surface area contributed by atoms with Gasteiger partial charge >= 0.3 is 6.09 Å². The molecule has 2 N–H and O–H groups in total. The highest BCUT2D eigenvalue weighted by molar-refractivity contribution is 5.75. The van der Waals surface area contributed by atoms with E-state index in [4.69, 9.17) is 9.47 Å². The Kier molecular flexibility index (Phi) is 9.14. The third kappa shape index (κ3) is 9.28. The number of hydrogen-bond donors (Lipinski definition) is 1. The Balaban J connectivity index is 0. The van der Waals surface area contributed by atoms with Crippen molar-refractivity contribution in [1.82, 2.24) is 0 Å². The van der Waals surface area contributed by atoms with Crippen LogP contribution >= 0.6 is 0 Å². The maximum absolute atomic E-state index is 10.0. The van der Waals surface area contributed by atoms with E-state index < -0.39 is 18.7 Å². The topological polar surface area (TPSA) is 80.0 Å². The van der Waals surface area contributed by atoms with E-state index in [0.717, 1.165) is 0 Å². The highest BCUT2D eigenvalue weighted by Crippen LogP contribution is 2.00. The normalized spacial score (nSPS) is 14.1. The van der Waals surface area contributed by atoms with Crippen LogP contribution in [0.1, 0.15) is 13.8 Å². The van der Waals surface area contributed by atoms with E-state index in [1.54, 1.807) is 13.8 Å². The molecule has 0 spiro atoms. The lowest BCUT2D eigenvalue weighted by Crippen LogP contribution is -2.24. The number of rotatable bonds is 5. The predicted octanol–water partition coefficient (Wildman–Crippen LogP) is -1.08. The first-order valence-electron chi connectivity index (χ1n) is 3.37. The second-order valence-electron chi connectivity index (χ2n) is 2.01. The Bertz CT molecular complexity index is 145. The molecule has 0 bridgehead atoms. The molecule has 13 heavy (non-hydrogen) atoms. The number of nitrogens with two attached hydrogens (primary N) is 1. The molecule has 80 valence electrons. The minimum Gasteiger partial charge on any atom is -0.356 e. The lowest BCUT2D eigenvalue weighted by Gasteiger charge is -2.15. The average molecular weight is 211 g/mol. The molecule has 0 saturated heterocycles. The predicted molar refractivity (Wildman–Crippen MR) is 50.1 cm³/mol. The molecular weight excluding hydrogens is 194 g/mol. The van der Waals surface area contributed by atoms with Crippen molar-refractivity contribution in [1.29, 1.82) is 0 Å². The van der Waals surface area contributed by atoms with Crippen molar-refractivity contribution < 1.29 is 24.0 Å². The molecule has 0 aromatic heterocycles. The van der Waals surface area contributed by atoms with E-state index in [9.17, 15) is 4.79 Å². The highest BCUT2D eigenvalue weighted by atomic mass is 28.1. The summed E-state index contributed by atoms with van der Waals surface area (Å²) in [5.41, 5.74) is 4.63. The molecule has 0 radical (unpaired) electrons. The van der Waals surface area contributed by atoms with Gasteiger partial charge in [0.2, 0.25) is 6.29 Å². The summed E-state index contributed by atoms with van der Waals surface area (Å²) < 4.78 is 9.73. The molecule has 0 fully saturated rings. The van der Waals surface area contributed by atoms with E-state index in [0.29, 0.717) is 0 Å². The van der Waals surface area contributed by atoms with Gasteiger partial charge in [-0.1, -0.05) is 0 Å². The minimum absolute atomic E-state index is 0. The van der Waals surface area contributed by atoms with E-state index in [1.165, 1.54) is 7.11 Å². The van der Waals surface area contributed by atoms with Gasteiger partial charge < -0.3 is 15.2 Å². The summed E-state index contributed by atoms with van der Waals surface area (Å²) in [4.78, 5) is 18.5. The van der Waals surface area contributed by atoms with Gasteiger partial charge in [-0.15, -0.1) is 0 Å². The quantitative estimate of drug-likeness (QED) is 0.271. The van der Waals surface area contributed by atoms with Crippen LogP contribution in [0.15, 0.2) is 0 Å². The van der Waals surface area contributed by atoms with Crippen molar-refractivity contribution in [2.24, 2.45) is 5.73 Å². The third-order valence-electron chi connectivity index (χ3n) is 0.981. The lowest BCUT2D eigenvalue weighted by molar-refractivity contribution is -0.356. The third-order valence-corrected chi connectivity index (χ3v) is 0.981. The van der Waals surface area contributed by atoms with Gasteiger partial charge in [0.25, 0.3) is 0 Å². The molecule has 0 aliphatic carbocycles. The molecule has 0 rings (SSSR count). The van der Waals surface area contributed by atoms with Crippen LogP contribution in [0.5, 0.6) is 0 Å². The molecule has 2 atom stereocenters. The Morgan fingerprint density at radius 1 is 1.31 bits per heavy atom. The second-order valence-corrected chi connectivity index (χ2v) is 2.01. The van der Waals surface area contributed by atoms with Gasteiger partial charge in [-0.25, -0.2) is 4.79 Å². The van der Waals surface area contributed by atoms with Gasteiger partial charge in [0.05, 0.1) is 0 Å². The minimum atomic E-state index is -1.02. The van der Waals surface area contributed by atoms with Crippen LogP contribution in [0.3, 0.4) is 0 Å². The van der Waals surface area contributed by atoms with Gasteiger partial charge in [0, 0.05) is 7.11 Å². The number of primary amides is 1. The van der Waals surface area contributed by atoms with Crippen LogP contribution in [0.25, 0.3) is 0 Å². The Hall–Kier alpha value is -0.633. The summed E-state index contributed by atoms with van der Waals surface area (Å²) in [7, 11) is 1.48. The molecule has 6 nitrogen and oxygen atoms in total. The second kappa shape index (κ2) is 7.99. The summed E-state index contributed by atoms with van der Waals surface area (Å²) in [6.45, 7) is 3.21. The van der Waals surface area contributed by atoms with Crippen molar-refractivity contribution in [3.63, 3.8) is 0 Å². The van der Waals surface area contributed by atoms with Crippen molar-refractivity contribution in [3.05, 3.63) is 0 Å². The van der Waals surface area contributed by atoms with Crippen molar-refractivity contribution in [2.75, 3.05) is 7.11 Å². The average Bonchev–Trinajstić information content (AvgIpc) is 2.00. The zero-order valence-corrected chi connectivity index (χ0v) is 7.27. The molecule has 0 aliphatic heterocycles. The first-order valence-corrected chi connectivity index (χ1v) is 3.37. The number of ether oxygens (including phenoxy) is 2.